The van der Waals surface area contributed by atoms with Crippen molar-refractivity contribution in [2.75, 3.05) is 19.0 Å². The lowest BCUT2D eigenvalue weighted by molar-refractivity contribution is -0.137. The number of carbonyl (C=O) groups is 2. The number of alkyl halides is 3. The number of halogens is 3. The van der Waals surface area contributed by atoms with Crippen molar-refractivity contribution in [1.82, 2.24) is 15.1 Å². The van der Waals surface area contributed by atoms with Gasteiger partial charge in [-0.1, -0.05) is 36.5 Å². The van der Waals surface area contributed by atoms with Crippen LogP contribution in [0.5, 0.6) is 5.75 Å². The normalized spacial score (nSPS) is 12.2. The number of methoxy groups -OCH3 is 1. The van der Waals surface area contributed by atoms with Crippen LogP contribution in [0.15, 0.2) is 48.5 Å². The molecule has 0 saturated carbocycles. The molecule has 186 valence electrons. The van der Waals surface area contributed by atoms with E-state index in [0.29, 0.717) is 22.3 Å². The molecule has 0 spiro atoms. The van der Waals surface area contributed by atoms with E-state index in [0.717, 1.165) is 17.7 Å². The second-order valence-electron chi connectivity index (χ2n) is 7.78. The van der Waals surface area contributed by atoms with E-state index >= 15 is 0 Å². The summed E-state index contributed by atoms with van der Waals surface area (Å²) in [7, 11) is 1.56. The monoisotopic (exact) mass is 506 g/mol. The maximum atomic E-state index is 13.1. The highest BCUT2D eigenvalue weighted by atomic mass is 32.1. The van der Waals surface area contributed by atoms with Gasteiger partial charge in [0.05, 0.1) is 12.7 Å². The average molecular weight is 507 g/mol. The molecule has 0 radical (unpaired) electrons. The molecule has 11 heteroatoms. The molecule has 0 saturated heterocycles. The summed E-state index contributed by atoms with van der Waals surface area (Å²) < 4.78 is 44.4. The molecule has 0 unspecified atom stereocenters. The summed E-state index contributed by atoms with van der Waals surface area (Å²) >= 11 is 1.19. The van der Waals surface area contributed by atoms with Crippen LogP contribution in [0.4, 0.5) is 18.3 Å². The molecule has 1 atom stereocenters. The first-order chi connectivity index (χ1) is 16.6. The van der Waals surface area contributed by atoms with Crippen molar-refractivity contribution in [2.45, 2.75) is 38.9 Å². The van der Waals surface area contributed by atoms with Gasteiger partial charge in [-0.2, -0.15) is 13.2 Å². The Kier molecular flexibility index (Phi) is 8.44. The zero-order chi connectivity index (χ0) is 25.6. The zero-order valence-corrected chi connectivity index (χ0v) is 20.2. The van der Waals surface area contributed by atoms with Crippen molar-refractivity contribution in [3.8, 4) is 16.3 Å². The molecule has 2 aromatic carbocycles. The second-order valence-corrected chi connectivity index (χ2v) is 8.75. The minimum atomic E-state index is -4.55. The third-order valence-electron chi connectivity index (χ3n) is 5.39. The minimum Gasteiger partial charge on any atom is -0.497 e. The first-order valence-electron chi connectivity index (χ1n) is 10.9. The Morgan fingerprint density at radius 1 is 1.14 bits per heavy atom. The van der Waals surface area contributed by atoms with Gasteiger partial charge in [0.1, 0.15) is 10.8 Å². The molecule has 3 aromatic rings. The number of amides is 2. The van der Waals surface area contributed by atoms with Crippen LogP contribution >= 0.6 is 11.3 Å². The third-order valence-corrected chi connectivity index (χ3v) is 6.28. The summed E-state index contributed by atoms with van der Waals surface area (Å²) in [4.78, 5) is 27.0. The lowest BCUT2D eigenvalue weighted by Gasteiger charge is -2.28. The van der Waals surface area contributed by atoms with Crippen LogP contribution < -0.4 is 10.1 Å². The highest BCUT2D eigenvalue weighted by Gasteiger charge is 2.31. The fraction of sp³-hybridized carbons (Fsp3) is 0.333. The number of carbonyl (C=O) groups excluding carboxylic acids is 2. The number of nitrogens with zero attached hydrogens (tertiary/aromatic N) is 3. The Labute approximate surface area is 204 Å². The summed E-state index contributed by atoms with van der Waals surface area (Å²) in [6, 6.07) is 11.3. The van der Waals surface area contributed by atoms with Crippen molar-refractivity contribution in [3.05, 3.63) is 59.7 Å². The Hall–Kier alpha value is -3.47. The van der Waals surface area contributed by atoms with Gasteiger partial charge in [0, 0.05) is 30.1 Å². The SMILES string of the molecule is CC[C@@H](C)N(CCC(=O)Nc1nnc(-c2cccc(OC)c2)s1)C(=O)c1cccc(C(F)(F)F)c1. The fourth-order valence-electron chi connectivity index (χ4n) is 3.29. The Bertz CT molecular complexity index is 1180. The molecule has 35 heavy (non-hydrogen) atoms. The van der Waals surface area contributed by atoms with E-state index in [1.54, 1.807) is 26.2 Å². The van der Waals surface area contributed by atoms with Gasteiger partial charge >= 0.3 is 6.18 Å². The van der Waals surface area contributed by atoms with E-state index in [1.807, 2.05) is 19.1 Å². The molecular formula is C24H25F3N4O3S. The van der Waals surface area contributed by atoms with Gasteiger partial charge in [0.15, 0.2) is 0 Å². The summed E-state index contributed by atoms with van der Waals surface area (Å²) in [6.07, 6.45) is -4.03. The van der Waals surface area contributed by atoms with E-state index in [1.165, 1.54) is 28.4 Å². The smallest absolute Gasteiger partial charge is 0.416 e. The maximum absolute atomic E-state index is 13.1. The number of rotatable bonds is 9. The lowest BCUT2D eigenvalue weighted by Crippen LogP contribution is -2.40. The average Bonchev–Trinajstić information content (AvgIpc) is 3.31. The van der Waals surface area contributed by atoms with Crippen LogP contribution in [0.1, 0.15) is 42.6 Å². The second kappa shape index (κ2) is 11.3. The van der Waals surface area contributed by atoms with Gasteiger partial charge in [-0.3, -0.25) is 9.59 Å². The quantitative estimate of drug-likeness (QED) is 0.414. The molecule has 1 N–H and O–H groups in total. The van der Waals surface area contributed by atoms with Gasteiger partial charge < -0.3 is 15.0 Å². The summed E-state index contributed by atoms with van der Waals surface area (Å²) in [5.41, 5.74) is -0.183. The molecule has 0 fully saturated rings. The standard InChI is InChI=1S/C24H25F3N4O3S/c1-4-15(2)31(22(33)17-8-5-9-18(13-17)24(25,26)27)12-11-20(32)28-23-30-29-21(35-23)16-7-6-10-19(14-16)34-3/h5-10,13-15H,4,11-12H2,1-3H3,(H,28,30,32)/t15-/m1/s1. The van der Waals surface area contributed by atoms with E-state index < -0.39 is 17.6 Å². The Morgan fingerprint density at radius 2 is 1.89 bits per heavy atom. The number of hydrogen-bond acceptors (Lipinski definition) is 6. The van der Waals surface area contributed by atoms with Crippen molar-refractivity contribution in [1.29, 1.82) is 0 Å². The number of aromatic nitrogens is 2. The third kappa shape index (κ3) is 6.78. The lowest BCUT2D eigenvalue weighted by atomic mass is 10.1. The van der Waals surface area contributed by atoms with Gasteiger partial charge in [-0.25, -0.2) is 0 Å². The predicted molar refractivity (Wildman–Crippen MR) is 127 cm³/mol. The summed E-state index contributed by atoms with van der Waals surface area (Å²) in [6.45, 7) is 3.69. The number of nitrogens with one attached hydrogen (secondary N) is 1. The van der Waals surface area contributed by atoms with Gasteiger partial charge in [-0.05, 0) is 43.7 Å². The van der Waals surface area contributed by atoms with Crippen molar-refractivity contribution < 1.29 is 27.5 Å². The van der Waals surface area contributed by atoms with Crippen molar-refractivity contribution >= 4 is 28.3 Å². The first-order valence-corrected chi connectivity index (χ1v) is 11.7. The van der Waals surface area contributed by atoms with Crippen LogP contribution in [0.2, 0.25) is 0 Å². The molecule has 7 nitrogen and oxygen atoms in total. The number of benzene rings is 2. The predicted octanol–water partition coefficient (Wildman–Crippen LogP) is 5.50. The molecular weight excluding hydrogens is 481 g/mol. The highest BCUT2D eigenvalue weighted by molar-refractivity contribution is 7.18. The Morgan fingerprint density at radius 3 is 2.57 bits per heavy atom. The Balaban J connectivity index is 1.66. The van der Waals surface area contributed by atoms with Gasteiger partial charge in [-0.15, -0.1) is 10.2 Å². The van der Waals surface area contributed by atoms with Gasteiger partial charge in [0.25, 0.3) is 5.91 Å². The first kappa shape index (κ1) is 26.1. The van der Waals surface area contributed by atoms with Crippen LogP contribution in [-0.4, -0.2) is 46.6 Å². The number of anilines is 1. The van der Waals surface area contributed by atoms with Crippen molar-refractivity contribution in [2.24, 2.45) is 0 Å². The molecule has 1 aromatic heterocycles. The topological polar surface area (TPSA) is 84.4 Å². The fourth-order valence-corrected chi connectivity index (χ4v) is 4.04. The number of hydrogen-bond donors (Lipinski definition) is 1. The van der Waals surface area contributed by atoms with Crippen LogP contribution in [0, 0.1) is 0 Å². The highest BCUT2D eigenvalue weighted by Crippen LogP contribution is 2.30. The number of ether oxygens (including phenoxy) is 1. The van der Waals surface area contributed by atoms with Crippen LogP contribution in [0.3, 0.4) is 0 Å². The molecule has 3 rings (SSSR count). The summed E-state index contributed by atoms with van der Waals surface area (Å²) in [5, 5.41) is 11.6. The molecule has 0 aliphatic heterocycles. The minimum absolute atomic E-state index is 0.0392. The zero-order valence-electron chi connectivity index (χ0n) is 19.4. The molecule has 0 aliphatic carbocycles. The molecule has 1 heterocycles. The molecule has 0 aliphatic rings. The van der Waals surface area contributed by atoms with Crippen LogP contribution in [0.25, 0.3) is 10.6 Å². The van der Waals surface area contributed by atoms with Gasteiger partial charge in [0.2, 0.25) is 11.0 Å². The maximum Gasteiger partial charge on any atom is 0.416 e. The van der Waals surface area contributed by atoms with E-state index in [-0.39, 0.29) is 30.5 Å². The molecule has 2 amide bonds. The van der Waals surface area contributed by atoms with E-state index in [4.69, 9.17) is 4.74 Å². The largest absolute Gasteiger partial charge is 0.497 e. The van der Waals surface area contributed by atoms with Crippen molar-refractivity contribution in [3.63, 3.8) is 0 Å². The van der Waals surface area contributed by atoms with E-state index in [2.05, 4.69) is 15.5 Å². The van der Waals surface area contributed by atoms with Crippen LogP contribution in [-0.2, 0) is 11.0 Å². The summed E-state index contributed by atoms with van der Waals surface area (Å²) in [5.74, 6) is -0.281. The van der Waals surface area contributed by atoms with E-state index in [9.17, 15) is 22.8 Å². The molecule has 0 bridgehead atoms.